The van der Waals surface area contributed by atoms with E-state index in [0.717, 1.165) is 5.56 Å². The van der Waals surface area contributed by atoms with Gasteiger partial charge in [0.1, 0.15) is 5.75 Å². The van der Waals surface area contributed by atoms with Gasteiger partial charge < -0.3 is 4.74 Å². The highest BCUT2D eigenvalue weighted by molar-refractivity contribution is 5.32. The lowest BCUT2D eigenvalue weighted by Crippen LogP contribution is -1.98. The summed E-state index contributed by atoms with van der Waals surface area (Å²) in [6, 6.07) is 8.51. The number of ether oxygens (including phenoxy) is 1. The molecule has 2 aromatic rings. The van der Waals surface area contributed by atoms with Crippen molar-refractivity contribution in [2.75, 3.05) is 0 Å². The fourth-order valence-electron chi connectivity index (χ4n) is 1.38. The van der Waals surface area contributed by atoms with E-state index in [0.29, 0.717) is 6.07 Å². The molecule has 0 saturated heterocycles. The van der Waals surface area contributed by atoms with Crippen molar-refractivity contribution in [2.45, 2.75) is 6.42 Å². The van der Waals surface area contributed by atoms with Crippen molar-refractivity contribution in [1.82, 2.24) is 4.98 Å². The smallest absolute Gasteiger partial charge is 0.258 e. The summed E-state index contributed by atoms with van der Waals surface area (Å²) in [6.45, 7) is 0. The Kier molecular flexibility index (Phi) is 3.66. The van der Waals surface area contributed by atoms with E-state index in [4.69, 9.17) is 10.00 Å². The third-order valence-electron chi connectivity index (χ3n) is 2.28. The predicted octanol–water partition coefficient (Wildman–Crippen LogP) is 3.36. The minimum Gasteiger partial charge on any atom is -0.436 e. The van der Waals surface area contributed by atoms with Crippen LogP contribution in [0, 0.1) is 28.9 Å². The second-order valence-electron chi connectivity index (χ2n) is 3.63. The summed E-state index contributed by atoms with van der Waals surface area (Å²) >= 11 is 0. The Morgan fingerprint density at radius 3 is 2.42 bits per heavy atom. The number of aromatic nitrogens is 1. The summed E-state index contributed by atoms with van der Waals surface area (Å²) in [7, 11) is 0. The van der Waals surface area contributed by atoms with E-state index in [-0.39, 0.29) is 12.2 Å². The molecule has 0 radical (unpaired) electrons. The largest absolute Gasteiger partial charge is 0.436 e. The molecular weight excluding hydrogens is 257 g/mol. The molecule has 0 spiro atoms. The second kappa shape index (κ2) is 5.40. The van der Waals surface area contributed by atoms with Crippen molar-refractivity contribution in [3.8, 4) is 17.7 Å². The molecule has 1 heterocycles. The molecule has 96 valence electrons. The first-order valence-corrected chi connectivity index (χ1v) is 5.25. The minimum atomic E-state index is -1.43. The van der Waals surface area contributed by atoms with Crippen LogP contribution in [0.5, 0.6) is 11.6 Å². The topological polar surface area (TPSA) is 45.9 Å². The Morgan fingerprint density at radius 2 is 1.79 bits per heavy atom. The highest BCUT2D eigenvalue weighted by Gasteiger charge is 2.13. The Labute approximate surface area is 106 Å². The first kappa shape index (κ1) is 12.9. The predicted molar refractivity (Wildman–Crippen MR) is 59.9 cm³/mol. The Bertz CT molecular complexity index is 636. The maximum atomic E-state index is 13.3. The van der Waals surface area contributed by atoms with Crippen LogP contribution in [0.1, 0.15) is 5.56 Å². The molecule has 19 heavy (non-hydrogen) atoms. The number of nitrogens with zero attached hydrogens (tertiary/aromatic N) is 2. The van der Waals surface area contributed by atoms with Gasteiger partial charge in [0.25, 0.3) is 11.8 Å². The zero-order valence-corrected chi connectivity index (χ0v) is 9.53. The molecule has 0 saturated carbocycles. The average molecular weight is 264 g/mol. The van der Waals surface area contributed by atoms with E-state index in [1.807, 2.05) is 6.07 Å². The number of nitriles is 1. The third-order valence-corrected chi connectivity index (χ3v) is 2.28. The highest BCUT2D eigenvalue weighted by atomic mass is 19.2. The molecule has 0 unspecified atom stereocenters. The Morgan fingerprint density at radius 1 is 1.11 bits per heavy atom. The Balaban J connectivity index is 2.22. The molecule has 0 aliphatic heterocycles. The van der Waals surface area contributed by atoms with Gasteiger partial charge in [-0.2, -0.15) is 14.6 Å². The fraction of sp³-hybridized carbons (Fsp3) is 0.0769. The van der Waals surface area contributed by atoms with Gasteiger partial charge in [0.05, 0.1) is 12.5 Å². The van der Waals surface area contributed by atoms with Crippen LogP contribution in [-0.4, -0.2) is 4.98 Å². The van der Waals surface area contributed by atoms with Gasteiger partial charge in [0.2, 0.25) is 0 Å². The van der Waals surface area contributed by atoms with Crippen LogP contribution in [-0.2, 0) is 6.42 Å². The average Bonchev–Trinajstić information content (AvgIpc) is 2.38. The van der Waals surface area contributed by atoms with E-state index in [9.17, 15) is 13.2 Å². The van der Waals surface area contributed by atoms with E-state index < -0.39 is 23.5 Å². The van der Waals surface area contributed by atoms with Gasteiger partial charge in [-0.15, -0.1) is 0 Å². The molecule has 3 nitrogen and oxygen atoms in total. The Hall–Kier alpha value is -2.55. The summed E-state index contributed by atoms with van der Waals surface area (Å²) in [5.41, 5.74) is 0.758. The minimum absolute atomic E-state index is 0.207. The summed E-state index contributed by atoms with van der Waals surface area (Å²) in [5, 5.41) is 8.50. The number of hydrogen-bond acceptors (Lipinski definition) is 3. The van der Waals surface area contributed by atoms with Crippen LogP contribution >= 0.6 is 0 Å². The van der Waals surface area contributed by atoms with E-state index >= 15 is 0 Å². The molecule has 0 atom stereocenters. The molecule has 0 aliphatic carbocycles. The molecule has 0 aliphatic rings. The molecule has 2 rings (SSSR count). The van der Waals surface area contributed by atoms with Gasteiger partial charge in [0.15, 0.2) is 11.6 Å². The summed E-state index contributed by atoms with van der Waals surface area (Å²) in [5.74, 6) is -4.35. The molecule has 0 amide bonds. The van der Waals surface area contributed by atoms with Crippen molar-refractivity contribution in [3.63, 3.8) is 0 Å². The molecule has 1 aromatic carbocycles. The van der Waals surface area contributed by atoms with Crippen LogP contribution in [0.2, 0.25) is 0 Å². The number of halogens is 3. The zero-order valence-electron chi connectivity index (χ0n) is 9.53. The quantitative estimate of drug-likeness (QED) is 0.798. The first-order valence-electron chi connectivity index (χ1n) is 5.25. The lowest BCUT2D eigenvalue weighted by molar-refractivity contribution is 0.387. The van der Waals surface area contributed by atoms with Gasteiger partial charge in [-0.05, 0) is 17.7 Å². The number of hydrogen-bond donors (Lipinski definition) is 0. The molecule has 0 bridgehead atoms. The number of pyridine rings is 1. The summed E-state index contributed by atoms with van der Waals surface area (Å²) < 4.78 is 43.8. The van der Waals surface area contributed by atoms with E-state index in [1.165, 1.54) is 12.1 Å². The number of benzene rings is 1. The van der Waals surface area contributed by atoms with Crippen molar-refractivity contribution < 1.29 is 17.9 Å². The maximum absolute atomic E-state index is 13.3. The van der Waals surface area contributed by atoms with E-state index in [2.05, 4.69) is 4.98 Å². The molecule has 0 fully saturated rings. The van der Waals surface area contributed by atoms with Crippen LogP contribution in [0.25, 0.3) is 0 Å². The van der Waals surface area contributed by atoms with Crippen molar-refractivity contribution >= 4 is 0 Å². The lowest BCUT2D eigenvalue weighted by Gasteiger charge is -2.06. The van der Waals surface area contributed by atoms with Gasteiger partial charge in [-0.3, -0.25) is 0 Å². The normalized spacial score (nSPS) is 10.0. The summed E-state index contributed by atoms with van der Waals surface area (Å²) in [4.78, 5) is 3.04. The van der Waals surface area contributed by atoms with Crippen LogP contribution in [0.3, 0.4) is 0 Å². The number of rotatable bonds is 3. The van der Waals surface area contributed by atoms with Crippen LogP contribution in [0.15, 0.2) is 30.3 Å². The zero-order chi connectivity index (χ0) is 13.8. The van der Waals surface area contributed by atoms with Crippen molar-refractivity contribution in [2.24, 2.45) is 0 Å². The molecule has 0 N–H and O–H groups in total. The standard InChI is InChI=1S/C13H7F3N2O/c14-10-7-11(15)13(18-12(10)16)19-9-3-1-8(2-4-9)5-6-17/h1-4,7H,5H2. The molecule has 1 aromatic heterocycles. The highest BCUT2D eigenvalue weighted by Crippen LogP contribution is 2.23. The molecular formula is C13H7F3N2O. The second-order valence-corrected chi connectivity index (χ2v) is 3.63. The van der Waals surface area contributed by atoms with Gasteiger partial charge in [0, 0.05) is 6.07 Å². The van der Waals surface area contributed by atoms with Gasteiger partial charge in [-0.1, -0.05) is 12.1 Å². The fourth-order valence-corrected chi connectivity index (χ4v) is 1.38. The van der Waals surface area contributed by atoms with E-state index in [1.54, 1.807) is 12.1 Å². The van der Waals surface area contributed by atoms with Gasteiger partial charge >= 0.3 is 0 Å². The molecule has 6 heteroatoms. The van der Waals surface area contributed by atoms with Crippen LogP contribution in [0.4, 0.5) is 13.2 Å². The van der Waals surface area contributed by atoms with Gasteiger partial charge in [-0.25, -0.2) is 8.78 Å². The van der Waals surface area contributed by atoms with Crippen molar-refractivity contribution in [3.05, 3.63) is 53.5 Å². The van der Waals surface area contributed by atoms with Crippen molar-refractivity contribution in [1.29, 1.82) is 5.26 Å². The maximum Gasteiger partial charge on any atom is 0.258 e. The monoisotopic (exact) mass is 264 g/mol. The first-order chi connectivity index (χ1) is 9.10. The summed E-state index contributed by atoms with van der Waals surface area (Å²) in [6.07, 6.45) is 0.234. The lowest BCUT2D eigenvalue weighted by atomic mass is 10.2. The third kappa shape index (κ3) is 3.01. The SMILES string of the molecule is N#CCc1ccc(Oc2nc(F)c(F)cc2F)cc1. The van der Waals surface area contributed by atoms with Crippen LogP contribution < -0.4 is 4.74 Å².